The number of nitrogens with one attached hydrogen (secondary N) is 2. The molecule has 30 heavy (non-hydrogen) atoms. The van der Waals surface area contributed by atoms with Gasteiger partial charge in [-0.3, -0.25) is 14.4 Å². The van der Waals surface area contributed by atoms with Crippen molar-refractivity contribution in [2.45, 2.75) is 24.3 Å². The van der Waals surface area contributed by atoms with Gasteiger partial charge in [-0.15, -0.1) is 0 Å². The molecule has 2 aromatic carbocycles. The summed E-state index contributed by atoms with van der Waals surface area (Å²) in [5.41, 5.74) is 7.24. The number of anilines is 1. The highest BCUT2D eigenvalue weighted by molar-refractivity contribution is 7.98. The molecular formula is C21H19FN4O3S. The van der Waals surface area contributed by atoms with Crippen LogP contribution < -0.4 is 16.6 Å². The van der Waals surface area contributed by atoms with E-state index in [2.05, 4.69) is 15.3 Å². The zero-order valence-corrected chi connectivity index (χ0v) is 16.9. The van der Waals surface area contributed by atoms with Crippen LogP contribution in [0.5, 0.6) is 0 Å². The van der Waals surface area contributed by atoms with Crippen molar-refractivity contribution >= 4 is 29.3 Å². The number of nitrogens with two attached hydrogens (primary N) is 1. The Bertz CT molecular complexity index is 1130. The highest BCUT2D eigenvalue weighted by atomic mass is 32.2. The van der Waals surface area contributed by atoms with Gasteiger partial charge in [0.05, 0.1) is 6.42 Å². The van der Waals surface area contributed by atoms with Gasteiger partial charge in [0.2, 0.25) is 11.8 Å². The normalized spacial score (nSPS) is 10.6. The number of carbonyl (C=O) groups excluding carboxylic acids is 2. The molecule has 0 aliphatic heterocycles. The van der Waals surface area contributed by atoms with Crippen LogP contribution in [-0.2, 0) is 17.0 Å². The first kappa shape index (κ1) is 21.3. The molecule has 0 radical (unpaired) electrons. The van der Waals surface area contributed by atoms with Gasteiger partial charge in [-0.05, 0) is 48.9 Å². The van der Waals surface area contributed by atoms with Crippen molar-refractivity contribution in [3.05, 3.63) is 87.1 Å². The molecule has 0 aliphatic carbocycles. The predicted octanol–water partition coefficient (Wildman–Crippen LogP) is 2.79. The smallest absolute Gasteiger partial charge is 0.255 e. The minimum atomic E-state index is -0.557. The van der Waals surface area contributed by atoms with Gasteiger partial charge in [0.15, 0.2) is 5.16 Å². The lowest BCUT2D eigenvalue weighted by atomic mass is 10.1. The number of carbonyl (C=O) groups is 2. The zero-order chi connectivity index (χ0) is 21.7. The summed E-state index contributed by atoms with van der Waals surface area (Å²) < 4.78 is 13.0. The van der Waals surface area contributed by atoms with Crippen molar-refractivity contribution < 1.29 is 14.0 Å². The van der Waals surface area contributed by atoms with E-state index in [0.717, 1.165) is 5.56 Å². The van der Waals surface area contributed by atoms with Crippen molar-refractivity contribution in [1.29, 1.82) is 0 Å². The number of primary amides is 1. The van der Waals surface area contributed by atoms with E-state index < -0.39 is 5.91 Å². The molecule has 0 atom stereocenters. The topological polar surface area (TPSA) is 118 Å². The maximum absolute atomic E-state index is 13.0. The summed E-state index contributed by atoms with van der Waals surface area (Å²) in [6.45, 7) is 1.67. The Hall–Kier alpha value is -3.46. The Balaban J connectivity index is 1.64. The number of aromatic nitrogens is 2. The van der Waals surface area contributed by atoms with Gasteiger partial charge < -0.3 is 16.0 Å². The van der Waals surface area contributed by atoms with Crippen LogP contribution in [0.15, 0.2) is 58.5 Å². The van der Waals surface area contributed by atoms with Gasteiger partial charge >= 0.3 is 0 Å². The molecule has 0 fully saturated rings. The lowest BCUT2D eigenvalue weighted by molar-refractivity contribution is -0.115. The highest BCUT2D eigenvalue weighted by Gasteiger charge is 2.13. The quantitative estimate of drug-likeness (QED) is 0.397. The molecule has 7 nitrogen and oxygen atoms in total. The second-order valence-electron chi connectivity index (χ2n) is 6.52. The zero-order valence-electron chi connectivity index (χ0n) is 16.1. The molecule has 0 aliphatic rings. The Morgan fingerprint density at radius 1 is 1.13 bits per heavy atom. The molecule has 0 saturated carbocycles. The molecule has 3 rings (SSSR count). The number of amides is 2. The van der Waals surface area contributed by atoms with Crippen LogP contribution in [0.3, 0.4) is 0 Å². The van der Waals surface area contributed by atoms with Crippen molar-refractivity contribution in [3.8, 4) is 0 Å². The third-order valence-corrected chi connectivity index (χ3v) is 5.22. The predicted molar refractivity (Wildman–Crippen MR) is 113 cm³/mol. The van der Waals surface area contributed by atoms with Gasteiger partial charge in [0, 0.05) is 28.3 Å². The Morgan fingerprint density at radius 3 is 2.40 bits per heavy atom. The van der Waals surface area contributed by atoms with Crippen LogP contribution in [0, 0.1) is 12.7 Å². The largest absolute Gasteiger partial charge is 0.366 e. The van der Waals surface area contributed by atoms with Crippen LogP contribution in [0.2, 0.25) is 0 Å². The SMILES string of the molecule is Cc1nc(SCc2ccc(F)cc2)[nH]c(=O)c1CC(=O)Nc1ccc(C(N)=O)cc1. The van der Waals surface area contributed by atoms with Crippen LogP contribution in [0.1, 0.15) is 27.2 Å². The van der Waals surface area contributed by atoms with E-state index >= 15 is 0 Å². The number of aromatic amines is 1. The number of hydrogen-bond acceptors (Lipinski definition) is 5. The van der Waals surface area contributed by atoms with Crippen molar-refractivity contribution in [2.75, 3.05) is 5.32 Å². The first-order valence-electron chi connectivity index (χ1n) is 8.98. The van der Waals surface area contributed by atoms with Crippen molar-refractivity contribution in [2.24, 2.45) is 5.73 Å². The summed E-state index contributed by atoms with van der Waals surface area (Å²) in [7, 11) is 0. The lowest BCUT2D eigenvalue weighted by Gasteiger charge is -2.08. The maximum atomic E-state index is 13.0. The van der Waals surface area contributed by atoms with E-state index in [1.54, 1.807) is 31.2 Å². The fourth-order valence-electron chi connectivity index (χ4n) is 2.68. The number of H-pyrrole nitrogens is 1. The first-order valence-corrected chi connectivity index (χ1v) is 9.97. The molecule has 1 aromatic heterocycles. The minimum Gasteiger partial charge on any atom is -0.366 e. The third-order valence-electron chi connectivity index (χ3n) is 4.28. The second kappa shape index (κ2) is 9.36. The third kappa shape index (κ3) is 5.54. The minimum absolute atomic E-state index is 0.144. The van der Waals surface area contributed by atoms with E-state index in [0.29, 0.717) is 27.9 Å². The van der Waals surface area contributed by atoms with E-state index in [1.165, 1.54) is 36.0 Å². The van der Waals surface area contributed by atoms with Crippen LogP contribution in [-0.4, -0.2) is 21.8 Å². The van der Waals surface area contributed by atoms with E-state index in [1.807, 2.05) is 0 Å². The van der Waals surface area contributed by atoms with E-state index in [9.17, 15) is 18.8 Å². The van der Waals surface area contributed by atoms with E-state index in [-0.39, 0.29) is 29.3 Å². The van der Waals surface area contributed by atoms with Gasteiger partial charge in [-0.25, -0.2) is 9.37 Å². The number of thioether (sulfide) groups is 1. The molecule has 4 N–H and O–H groups in total. The molecule has 154 valence electrons. The summed E-state index contributed by atoms with van der Waals surface area (Å²) in [6, 6.07) is 12.2. The monoisotopic (exact) mass is 426 g/mol. The second-order valence-corrected chi connectivity index (χ2v) is 7.48. The lowest BCUT2D eigenvalue weighted by Crippen LogP contribution is -2.23. The van der Waals surface area contributed by atoms with Crippen molar-refractivity contribution in [3.63, 3.8) is 0 Å². The summed E-state index contributed by atoms with van der Waals surface area (Å²) in [4.78, 5) is 42.9. The maximum Gasteiger partial charge on any atom is 0.255 e. The number of halogens is 1. The molecule has 0 unspecified atom stereocenters. The van der Waals surface area contributed by atoms with Gasteiger partial charge in [-0.1, -0.05) is 23.9 Å². The Morgan fingerprint density at radius 2 is 1.80 bits per heavy atom. The Labute approximate surface area is 175 Å². The van der Waals surface area contributed by atoms with E-state index in [4.69, 9.17) is 5.73 Å². The number of nitrogens with zero attached hydrogens (tertiary/aromatic N) is 1. The summed E-state index contributed by atoms with van der Waals surface area (Å²) in [6.07, 6.45) is -0.144. The molecule has 9 heteroatoms. The van der Waals surface area contributed by atoms with Crippen LogP contribution in [0.4, 0.5) is 10.1 Å². The van der Waals surface area contributed by atoms with Crippen molar-refractivity contribution in [1.82, 2.24) is 9.97 Å². The molecule has 1 heterocycles. The molecule has 0 bridgehead atoms. The highest BCUT2D eigenvalue weighted by Crippen LogP contribution is 2.19. The summed E-state index contributed by atoms with van der Waals surface area (Å²) >= 11 is 1.31. The van der Waals surface area contributed by atoms with Gasteiger partial charge in [-0.2, -0.15) is 0 Å². The van der Waals surface area contributed by atoms with Crippen LogP contribution >= 0.6 is 11.8 Å². The molecule has 2 amide bonds. The van der Waals surface area contributed by atoms with Gasteiger partial charge in [0.25, 0.3) is 5.56 Å². The number of rotatable bonds is 7. The standard InChI is InChI=1S/C21H19FN4O3S/c1-12-17(10-18(27)25-16-8-4-14(5-9-16)19(23)28)20(29)26-21(24-12)30-11-13-2-6-15(22)7-3-13/h2-9H,10-11H2,1H3,(H2,23,28)(H,25,27)(H,24,26,29). The summed E-state index contributed by atoms with van der Waals surface area (Å²) in [5, 5.41) is 3.09. The molecule has 0 spiro atoms. The fourth-order valence-corrected chi connectivity index (χ4v) is 3.54. The molecular weight excluding hydrogens is 407 g/mol. The van der Waals surface area contributed by atoms with Crippen LogP contribution in [0.25, 0.3) is 0 Å². The molecule has 0 saturated heterocycles. The summed E-state index contributed by atoms with van der Waals surface area (Å²) in [5.74, 6) is -0.732. The average molecular weight is 426 g/mol. The average Bonchev–Trinajstić information content (AvgIpc) is 2.71. The fraction of sp³-hybridized carbons (Fsp3) is 0.143. The Kier molecular flexibility index (Phi) is 6.63. The first-order chi connectivity index (χ1) is 14.3. The number of hydrogen-bond donors (Lipinski definition) is 3. The number of benzene rings is 2. The molecule has 3 aromatic rings. The van der Waals surface area contributed by atoms with Gasteiger partial charge in [0.1, 0.15) is 5.82 Å². The number of aryl methyl sites for hydroxylation is 1.